The number of nitrogens with zero attached hydrogens (tertiary/aromatic N) is 5. The molecule has 6 aromatic rings. The van der Waals surface area contributed by atoms with Crippen molar-refractivity contribution in [1.29, 1.82) is 0 Å². The molecule has 3 aliphatic heterocycles. The van der Waals surface area contributed by atoms with Gasteiger partial charge in [0.1, 0.15) is 5.75 Å². The zero-order chi connectivity index (χ0) is 38.9. The van der Waals surface area contributed by atoms with E-state index in [1.54, 1.807) is 0 Å². The van der Waals surface area contributed by atoms with Crippen LogP contribution in [0.25, 0.3) is 44.1 Å². The molecule has 292 valence electrons. The molecule has 0 radical (unpaired) electrons. The number of hydrogen-bond acceptors (Lipinski definition) is 5. The molecule has 1 atom stereocenters. The van der Waals surface area contributed by atoms with Gasteiger partial charge in [0.25, 0.3) is 5.91 Å². The first-order valence-corrected chi connectivity index (χ1v) is 21.3. The molecule has 4 heterocycles. The van der Waals surface area contributed by atoms with Gasteiger partial charge in [-0.1, -0.05) is 59.6 Å². The summed E-state index contributed by atoms with van der Waals surface area (Å²) in [4.78, 5) is 25.0. The lowest BCUT2D eigenvalue weighted by Gasteiger charge is -2.34. The average molecular weight is 799 g/mol. The number of ether oxygens (including phenoxy) is 1. The van der Waals surface area contributed by atoms with Crippen LogP contribution in [0, 0.1) is 6.92 Å². The molecule has 1 aromatic heterocycles. The molecule has 1 amide bonds. The smallest absolute Gasteiger partial charge is 0.256 e. The van der Waals surface area contributed by atoms with Crippen LogP contribution in [-0.2, 0) is 6.54 Å². The molecule has 3 aliphatic rings. The summed E-state index contributed by atoms with van der Waals surface area (Å²) in [7, 11) is 0. The normalized spacial score (nSPS) is 17.4. The number of piperazine rings is 1. The van der Waals surface area contributed by atoms with Crippen LogP contribution in [0.3, 0.4) is 0 Å². The van der Waals surface area contributed by atoms with Gasteiger partial charge in [-0.05, 0) is 135 Å². The number of aromatic nitrogens is 1. The molecule has 5 aromatic carbocycles. The number of aryl methyl sites for hydroxylation is 2. The third-order valence-electron chi connectivity index (χ3n) is 12.1. The highest BCUT2D eigenvalue weighted by molar-refractivity contribution is 6.31. The Kier molecular flexibility index (Phi) is 11.1. The van der Waals surface area contributed by atoms with E-state index in [1.807, 2.05) is 54.4 Å². The lowest BCUT2D eigenvalue weighted by Crippen LogP contribution is -2.46. The van der Waals surface area contributed by atoms with Crippen molar-refractivity contribution in [2.24, 2.45) is 4.99 Å². The van der Waals surface area contributed by atoms with Gasteiger partial charge >= 0.3 is 0 Å². The van der Waals surface area contributed by atoms with Crippen molar-refractivity contribution in [3.05, 3.63) is 118 Å². The maximum absolute atomic E-state index is 13.1. The van der Waals surface area contributed by atoms with E-state index in [0.29, 0.717) is 12.2 Å². The molecule has 9 heteroatoms. The fourth-order valence-corrected chi connectivity index (χ4v) is 9.18. The van der Waals surface area contributed by atoms with Gasteiger partial charge in [-0.25, -0.2) is 0 Å². The van der Waals surface area contributed by atoms with E-state index in [2.05, 4.69) is 75.0 Å². The summed E-state index contributed by atoms with van der Waals surface area (Å²) in [5.74, 6) is 0.929. The quantitative estimate of drug-likeness (QED) is 0.116. The summed E-state index contributed by atoms with van der Waals surface area (Å²) >= 11 is 12.4. The third-order valence-corrected chi connectivity index (χ3v) is 12.6. The summed E-state index contributed by atoms with van der Waals surface area (Å²) in [6, 6.07) is 34.0. The van der Waals surface area contributed by atoms with E-state index >= 15 is 0 Å². The Morgan fingerprint density at radius 2 is 1.25 bits per heavy atom. The SMILES string of the molecule is Cc1cc2c(cc1OCCCCN1CCN(CCCn3c4ccc(-c5ccc(Cl)cc5)cc4c4cc(-c5ccc(Cl)cc5)ccc43)CC1)N=C[C@@H]1CCCN1C2=O. The first-order valence-electron chi connectivity index (χ1n) is 20.5. The van der Waals surface area contributed by atoms with Crippen molar-refractivity contribution < 1.29 is 9.53 Å². The monoisotopic (exact) mass is 797 g/mol. The lowest BCUT2D eigenvalue weighted by molar-refractivity contribution is 0.0774. The van der Waals surface area contributed by atoms with Crippen LogP contribution >= 0.6 is 23.2 Å². The number of halogens is 2. The standard InChI is InChI=1S/C48H49Cl2N5O2/c1-33-28-43-44(51-32-40-6-4-21-54(40)48(43)56)31-47(33)57-27-3-2-19-52-23-25-53(26-24-52)20-5-22-55-45-17-11-36(34-7-13-38(49)14-8-34)29-41(45)42-30-37(12-18-46(42)55)35-9-15-39(50)16-10-35/h7-18,28-32,40H,2-6,19-27H2,1H3/t40-/m0/s1. The second kappa shape index (κ2) is 16.7. The Balaban J connectivity index is 0.785. The molecule has 2 saturated heterocycles. The van der Waals surface area contributed by atoms with E-state index in [-0.39, 0.29) is 11.9 Å². The van der Waals surface area contributed by atoms with Crippen LogP contribution in [0.4, 0.5) is 5.69 Å². The number of carbonyl (C=O) groups is 1. The molecule has 0 aliphatic carbocycles. The van der Waals surface area contributed by atoms with Crippen molar-refractivity contribution in [1.82, 2.24) is 19.3 Å². The van der Waals surface area contributed by atoms with Crippen molar-refractivity contribution in [3.8, 4) is 28.0 Å². The molecule has 57 heavy (non-hydrogen) atoms. The van der Waals surface area contributed by atoms with Crippen LogP contribution < -0.4 is 4.74 Å². The van der Waals surface area contributed by atoms with E-state index in [9.17, 15) is 4.79 Å². The van der Waals surface area contributed by atoms with Gasteiger partial charge in [0.15, 0.2) is 0 Å². The summed E-state index contributed by atoms with van der Waals surface area (Å²) in [5.41, 5.74) is 9.66. The number of hydrogen-bond donors (Lipinski definition) is 0. The predicted molar refractivity (Wildman–Crippen MR) is 236 cm³/mol. The van der Waals surface area contributed by atoms with E-state index < -0.39 is 0 Å². The maximum atomic E-state index is 13.1. The second-order valence-corrected chi connectivity index (χ2v) is 16.7. The maximum Gasteiger partial charge on any atom is 0.256 e. The van der Waals surface area contributed by atoms with Gasteiger partial charge in [-0.3, -0.25) is 9.79 Å². The Bertz CT molecular complexity index is 2330. The van der Waals surface area contributed by atoms with Gasteiger partial charge in [-0.15, -0.1) is 0 Å². The highest BCUT2D eigenvalue weighted by atomic mass is 35.5. The number of carbonyl (C=O) groups excluding carboxylic acids is 1. The topological polar surface area (TPSA) is 53.3 Å². The molecule has 0 bridgehead atoms. The second-order valence-electron chi connectivity index (χ2n) is 15.8. The highest BCUT2D eigenvalue weighted by Gasteiger charge is 2.32. The zero-order valence-electron chi connectivity index (χ0n) is 32.6. The van der Waals surface area contributed by atoms with Gasteiger partial charge in [0.05, 0.1) is 23.9 Å². The minimum atomic E-state index is 0.0947. The van der Waals surface area contributed by atoms with Crippen molar-refractivity contribution >= 4 is 62.8 Å². The third kappa shape index (κ3) is 8.08. The molecule has 2 fully saturated rings. The highest BCUT2D eigenvalue weighted by Crippen LogP contribution is 2.37. The van der Waals surface area contributed by atoms with Crippen LogP contribution in [0.1, 0.15) is 48.0 Å². The van der Waals surface area contributed by atoms with Gasteiger partial charge < -0.3 is 24.0 Å². The molecule has 0 spiro atoms. The Hall–Kier alpha value is -4.66. The van der Waals surface area contributed by atoms with E-state index in [1.165, 1.54) is 32.9 Å². The van der Waals surface area contributed by atoms with Crippen molar-refractivity contribution in [3.63, 3.8) is 0 Å². The minimum absolute atomic E-state index is 0.0947. The number of rotatable bonds is 12. The van der Waals surface area contributed by atoms with Crippen LogP contribution in [0.5, 0.6) is 5.75 Å². The van der Waals surface area contributed by atoms with Gasteiger partial charge in [-0.2, -0.15) is 0 Å². The lowest BCUT2D eigenvalue weighted by atomic mass is 10.0. The molecule has 9 rings (SSSR count). The molecule has 0 unspecified atom stereocenters. The molecule has 0 saturated carbocycles. The Labute approximate surface area is 345 Å². The summed E-state index contributed by atoms with van der Waals surface area (Å²) in [6.45, 7) is 11.1. The Morgan fingerprint density at radius 1 is 0.667 bits per heavy atom. The number of aliphatic imine (C=N–C) groups is 1. The van der Waals surface area contributed by atoms with E-state index in [0.717, 1.165) is 123 Å². The molecule has 7 nitrogen and oxygen atoms in total. The summed E-state index contributed by atoms with van der Waals surface area (Å²) in [5, 5.41) is 4.03. The van der Waals surface area contributed by atoms with Gasteiger partial charge in [0, 0.05) is 83.4 Å². The minimum Gasteiger partial charge on any atom is -0.493 e. The van der Waals surface area contributed by atoms with Gasteiger partial charge in [0.2, 0.25) is 0 Å². The first kappa shape index (κ1) is 37.9. The average Bonchev–Trinajstić information content (AvgIpc) is 3.80. The Morgan fingerprint density at radius 3 is 1.86 bits per heavy atom. The summed E-state index contributed by atoms with van der Waals surface area (Å²) in [6.07, 6.45) is 7.17. The largest absolute Gasteiger partial charge is 0.493 e. The van der Waals surface area contributed by atoms with Crippen LogP contribution in [-0.4, -0.2) is 89.9 Å². The predicted octanol–water partition coefficient (Wildman–Crippen LogP) is 10.9. The molecular formula is C48H49Cl2N5O2. The number of amides is 1. The number of benzene rings is 5. The number of fused-ring (bicyclic) bond motifs is 5. The van der Waals surface area contributed by atoms with E-state index in [4.69, 9.17) is 32.9 Å². The molecule has 0 N–H and O–H groups in total. The number of unbranched alkanes of at least 4 members (excludes halogenated alkanes) is 1. The first-order chi connectivity index (χ1) is 27.9. The van der Waals surface area contributed by atoms with Crippen LogP contribution in [0.2, 0.25) is 10.0 Å². The van der Waals surface area contributed by atoms with Crippen molar-refractivity contribution in [2.45, 2.75) is 51.6 Å². The summed E-state index contributed by atoms with van der Waals surface area (Å²) < 4.78 is 8.75. The van der Waals surface area contributed by atoms with Crippen molar-refractivity contribution in [2.75, 3.05) is 52.4 Å². The zero-order valence-corrected chi connectivity index (χ0v) is 34.1. The fourth-order valence-electron chi connectivity index (χ4n) is 8.93. The fraction of sp³-hybridized carbons (Fsp3) is 0.333. The molecular weight excluding hydrogens is 749 g/mol. The van der Waals surface area contributed by atoms with Crippen LogP contribution in [0.15, 0.2) is 102 Å².